The van der Waals surface area contributed by atoms with E-state index in [2.05, 4.69) is 25.8 Å². The van der Waals surface area contributed by atoms with Crippen LogP contribution < -0.4 is 0 Å². The quantitative estimate of drug-likeness (QED) is 0.912. The van der Waals surface area contributed by atoms with E-state index in [0.717, 1.165) is 16.6 Å². The second-order valence-corrected chi connectivity index (χ2v) is 5.25. The summed E-state index contributed by atoms with van der Waals surface area (Å²) in [6.45, 7) is 4.95. The monoisotopic (exact) mass is 272 g/mol. The third-order valence-corrected chi connectivity index (χ3v) is 3.04. The van der Waals surface area contributed by atoms with Crippen molar-refractivity contribution in [3.8, 4) is 0 Å². The van der Waals surface area contributed by atoms with Crippen LogP contribution >= 0.6 is 15.9 Å². The van der Waals surface area contributed by atoms with Crippen LogP contribution in [-0.2, 0) is 6.54 Å². The van der Waals surface area contributed by atoms with Crippen molar-refractivity contribution in [2.45, 2.75) is 25.9 Å². The van der Waals surface area contributed by atoms with Gasteiger partial charge in [-0.2, -0.15) is 0 Å². The van der Waals surface area contributed by atoms with Gasteiger partial charge in [-0.1, -0.05) is 0 Å². The van der Waals surface area contributed by atoms with E-state index in [4.69, 9.17) is 0 Å². The van der Waals surface area contributed by atoms with Gasteiger partial charge in [0, 0.05) is 29.0 Å². The molecule has 1 aromatic rings. The number of aliphatic hydroxyl groups is 1. The van der Waals surface area contributed by atoms with Crippen LogP contribution in [0.15, 0.2) is 22.9 Å². The molecular weight excluding hydrogens is 256 g/mol. The molecule has 0 aromatic carbocycles. The first-order valence-corrected chi connectivity index (χ1v) is 5.66. The Hall–Kier alpha value is -0.450. The van der Waals surface area contributed by atoms with Gasteiger partial charge in [-0.15, -0.1) is 0 Å². The lowest BCUT2D eigenvalue weighted by atomic mass is 10.0. The molecule has 15 heavy (non-hydrogen) atoms. The molecule has 0 saturated carbocycles. The molecule has 1 rings (SSSR count). The maximum Gasteiger partial charge on any atom is 0.0610 e. The second kappa shape index (κ2) is 5.05. The van der Waals surface area contributed by atoms with E-state index >= 15 is 0 Å². The third kappa shape index (κ3) is 3.55. The van der Waals surface area contributed by atoms with Gasteiger partial charge in [-0.25, -0.2) is 0 Å². The topological polar surface area (TPSA) is 36.4 Å². The average Bonchev–Trinajstić information content (AvgIpc) is 2.17. The van der Waals surface area contributed by atoms with E-state index in [-0.39, 0.29) is 12.1 Å². The highest BCUT2D eigenvalue weighted by Gasteiger charge is 2.22. The number of pyridine rings is 1. The smallest absolute Gasteiger partial charge is 0.0610 e. The van der Waals surface area contributed by atoms with Crippen LogP contribution in [0, 0.1) is 0 Å². The van der Waals surface area contributed by atoms with Crippen molar-refractivity contribution in [1.82, 2.24) is 9.88 Å². The molecule has 0 radical (unpaired) electrons. The maximum absolute atomic E-state index is 9.23. The zero-order chi connectivity index (χ0) is 11.5. The first-order chi connectivity index (χ1) is 6.95. The molecule has 0 saturated heterocycles. The molecule has 0 spiro atoms. The highest BCUT2D eigenvalue weighted by Crippen LogP contribution is 2.16. The molecule has 0 fully saturated rings. The molecule has 84 valence electrons. The van der Waals surface area contributed by atoms with Crippen LogP contribution in [0.3, 0.4) is 0 Å². The van der Waals surface area contributed by atoms with E-state index in [1.807, 2.05) is 33.2 Å². The Kier molecular flexibility index (Phi) is 4.25. The summed E-state index contributed by atoms with van der Waals surface area (Å²) in [5.74, 6) is 0. The number of rotatable bonds is 4. The van der Waals surface area contributed by atoms with Gasteiger partial charge in [0.2, 0.25) is 0 Å². The van der Waals surface area contributed by atoms with E-state index in [0.29, 0.717) is 0 Å². The second-order valence-electron chi connectivity index (χ2n) is 4.34. The zero-order valence-electron chi connectivity index (χ0n) is 9.37. The van der Waals surface area contributed by atoms with Crippen molar-refractivity contribution < 1.29 is 5.11 Å². The molecule has 0 aliphatic heterocycles. The molecular formula is C11H17BrN2O. The Balaban J connectivity index is 2.70. The van der Waals surface area contributed by atoms with Gasteiger partial charge in [-0.05, 0) is 48.5 Å². The van der Waals surface area contributed by atoms with Crippen molar-refractivity contribution in [2.24, 2.45) is 0 Å². The third-order valence-electron chi connectivity index (χ3n) is 2.60. The van der Waals surface area contributed by atoms with Gasteiger partial charge < -0.3 is 5.11 Å². The maximum atomic E-state index is 9.23. The van der Waals surface area contributed by atoms with E-state index in [1.165, 1.54) is 0 Å². The summed E-state index contributed by atoms with van der Waals surface area (Å²) in [5.41, 5.74) is 0.927. The molecule has 1 N–H and O–H groups in total. The SMILES string of the molecule is CN(Cc1cncc(Br)c1)C(C)(C)CO. The fourth-order valence-corrected chi connectivity index (χ4v) is 1.56. The first kappa shape index (κ1) is 12.6. The fourth-order valence-electron chi connectivity index (χ4n) is 1.15. The van der Waals surface area contributed by atoms with Crippen molar-refractivity contribution >= 4 is 15.9 Å². The predicted molar refractivity (Wildman–Crippen MR) is 64.6 cm³/mol. The summed E-state index contributed by atoms with van der Waals surface area (Å²) in [5, 5.41) is 9.23. The number of aromatic nitrogens is 1. The molecule has 0 atom stereocenters. The van der Waals surface area contributed by atoms with E-state index in [1.54, 1.807) is 6.20 Å². The van der Waals surface area contributed by atoms with Gasteiger partial charge in [0.15, 0.2) is 0 Å². The molecule has 1 heterocycles. The standard InChI is InChI=1S/C11H17BrN2O/c1-11(2,8-15)14(3)7-9-4-10(12)6-13-5-9/h4-6,15H,7-8H2,1-3H3. The van der Waals surface area contributed by atoms with Crippen molar-refractivity contribution in [2.75, 3.05) is 13.7 Å². The number of aliphatic hydroxyl groups excluding tert-OH is 1. The highest BCUT2D eigenvalue weighted by molar-refractivity contribution is 9.10. The minimum absolute atomic E-state index is 0.144. The fraction of sp³-hybridized carbons (Fsp3) is 0.545. The van der Waals surface area contributed by atoms with Crippen LogP contribution in [-0.4, -0.2) is 34.2 Å². The minimum atomic E-state index is -0.206. The van der Waals surface area contributed by atoms with Crippen molar-refractivity contribution in [3.05, 3.63) is 28.5 Å². The highest BCUT2D eigenvalue weighted by atomic mass is 79.9. The lowest BCUT2D eigenvalue weighted by Gasteiger charge is -2.33. The molecule has 0 aliphatic carbocycles. The van der Waals surface area contributed by atoms with E-state index < -0.39 is 0 Å². The molecule has 0 aliphatic rings. The average molecular weight is 273 g/mol. The van der Waals surface area contributed by atoms with Crippen LogP contribution in [0.25, 0.3) is 0 Å². The minimum Gasteiger partial charge on any atom is -0.394 e. The summed E-state index contributed by atoms with van der Waals surface area (Å²) in [7, 11) is 2.00. The summed E-state index contributed by atoms with van der Waals surface area (Å²) in [6, 6.07) is 2.04. The number of nitrogens with zero attached hydrogens (tertiary/aromatic N) is 2. The van der Waals surface area contributed by atoms with Crippen molar-refractivity contribution in [1.29, 1.82) is 0 Å². The Morgan fingerprint density at radius 2 is 2.13 bits per heavy atom. The van der Waals surface area contributed by atoms with Gasteiger partial charge in [-0.3, -0.25) is 9.88 Å². The number of hydrogen-bond acceptors (Lipinski definition) is 3. The summed E-state index contributed by atoms with van der Waals surface area (Å²) in [4.78, 5) is 6.22. The van der Waals surface area contributed by atoms with Gasteiger partial charge in [0.1, 0.15) is 0 Å². The zero-order valence-corrected chi connectivity index (χ0v) is 11.0. The summed E-state index contributed by atoms with van der Waals surface area (Å²) < 4.78 is 0.982. The molecule has 3 nitrogen and oxygen atoms in total. The molecule has 0 amide bonds. The first-order valence-electron chi connectivity index (χ1n) is 4.87. The largest absolute Gasteiger partial charge is 0.394 e. The summed E-state index contributed by atoms with van der Waals surface area (Å²) in [6.07, 6.45) is 3.61. The van der Waals surface area contributed by atoms with Crippen LogP contribution in [0.1, 0.15) is 19.4 Å². The normalized spacial score (nSPS) is 12.1. The van der Waals surface area contributed by atoms with Crippen LogP contribution in [0.2, 0.25) is 0 Å². The van der Waals surface area contributed by atoms with Gasteiger partial charge >= 0.3 is 0 Å². The molecule has 0 unspecified atom stereocenters. The van der Waals surface area contributed by atoms with Gasteiger partial charge in [0.05, 0.1) is 6.61 Å². The predicted octanol–water partition coefficient (Wildman–Crippen LogP) is 2.05. The van der Waals surface area contributed by atoms with Crippen molar-refractivity contribution in [3.63, 3.8) is 0 Å². The molecule has 1 aromatic heterocycles. The Bertz CT molecular complexity index is 328. The molecule has 4 heteroatoms. The van der Waals surface area contributed by atoms with Crippen LogP contribution in [0.4, 0.5) is 0 Å². The lowest BCUT2D eigenvalue weighted by Crippen LogP contribution is -2.43. The Morgan fingerprint density at radius 3 is 2.67 bits per heavy atom. The Labute approximate surface area is 99.3 Å². The van der Waals surface area contributed by atoms with Gasteiger partial charge in [0.25, 0.3) is 0 Å². The lowest BCUT2D eigenvalue weighted by molar-refractivity contribution is 0.0733. The molecule has 0 bridgehead atoms. The number of hydrogen-bond donors (Lipinski definition) is 1. The van der Waals surface area contributed by atoms with E-state index in [9.17, 15) is 5.11 Å². The number of halogens is 1. The number of likely N-dealkylation sites (N-methyl/N-ethyl adjacent to an activating group) is 1. The Morgan fingerprint density at radius 1 is 1.47 bits per heavy atom. The summed E-state index contributed by atoms with van der Waals surface area (Å²) >= 11 is 3.39. The van der Waals surface area contributed by atoms with Crippen LogP contribution in [0.5, 0.6) is 0 Å².